The van der Waals surface area contributed by atoms with E-state index in [-0.39, 0.29) is 0 Å². The molecule has 1 unspecified atom stereocenters. The minimum Gasteiger partial charge on any atom is -0.310 e. The van der Waals surface area contributed by atoms with Gasteiger partial charge in [-0.25, -0.2) is 0 Å². The first-order valence-electron chi connectivity index (χ1n) is 6.04. The maximum absolute atomic E-state index is 4.18. The molecule has 0 spiro atoms. The van der Waals surface area contributed by atoms with E-state index in [9.17, 15) is 0 Å². The molecule has 2 heteroatoms. The summed E-state index contributed by atoms with van der Waals surface area (Å²) in [7, 11) is 0. The molecule has 1 atom stereocenters. The Morgan fingerprint density at radius 1 is 1.38 bits per heavy atom. The third-order valence-electron chi connectivity index (χ3n) is 2.87. The van der Waals surface area contributed by atoms with Crippen LogP contribution in [0.15, 0.2) is 18.5 Å². The van der Waals surface area contributed by atoms with Gasteiger partial charge in [0.05, 0.1) is 0 Å². The molecule has 0 radical (unpaired) electrons. The standard InChI is InChI=1S/C14H24N2/c1-11-6-8-15-10-13(11)12(2)16-9-7-14(3,4)5/h6,8,10,12,16H,7,9H2,1-5H3. The quantitative estimate of drug-likeness (QED) is 0.840. The number of nitrogens with one attached hydrogen (secondary N) is 1. The molecular weight excluding hydrogens is 196 g/mol. The van der Waals surface area contributed by atoms with E-state index in [1.54, 1.807) is 0 Å². The van der Waals surface area contributed by atoms with Gasteiger partial charge in [-0.15, -0.1) is 0 Å². The SMILES string of the molecule is Cc1ccncc1C(C)NCCC(C)(C)C. The molecule has 0 aliphatic rings. The van der Waals surface area contributed by atoms with Crippen molar-refractivity contribution >= 4 is 0 Å². The first kappa shape index (κ1) is 13.2. The fourth-order valence-electron chi connectivity index (χ4n) is 1.70. The molecule has 0 saturated carbocycles. The van der Waals surface area contributed by atoms with Crippen LogP contribution in [0.3, 0.4) is 0 Å². The molecule has 1 aromatic heterocycles. The molecule has 1 heterocycles. The van der Waals surface area contributed by atoms with Crippen molar-refractivity contribution in [1.82, 2.24) is 10.3 Å². The van der Waals surface area contributed by atoms with Crippen LogP contribution in [0.25, 0.3) is 0 Å². The fourth-order valence-corrected chi connectivity index (χ4v) is 1.70. The van der Waals surface area contributed by atoms with Gasteiger partial charge in [0.15, 0.2) is 0 Å². The highest BCUT2D eigenvalue weighted by Gasteiger charge is 2.12. The van der Waals surface area contributed by atoms with Crippen LogP contribution in [0.4, 0.5) is 0 Å². The van der Waals surface area contributed by atoms with Crippen LogP contribution in [0.2, 0.25) is 0 Å². The Morgan fingerprint density at radius 2 is 2.06 bits per heavy atom. The van der Waals surface area contributed by atoms with Crippen LogP contribution in [0, 0.1) is 12.3 Å². The smallest absolute Gasteiger partial charge is 0.0318 e. The number of aromatic nitrogens is 1. The molecule has 0 bridgehead atoms. The van der Waals surface area contributed by atoms with E-state index in [1.807, 2.05) is 12.4 Å². The predicted molar refractivity (Wildman–Crippen MR) is 69.5 cm³/mol. The van der Waals surface area contributed by atoms with Gasteiger partial charge < -0.3 is 5.32 Å². The summed E-state index contributed by atoms with van der Waals surface area (Å²) in [4.78, 5) is 4.18. The fraction of sp³-hybridized carbons (Fsp3) is 0.643. The molecule has 0 aliphatic carbocycles. The Bertz CT molecular complexity index is 326. The zero-order valence-corrected chi connectivity index (χ0v) is 11.2. The zero-order valence-electron chi connectivity index (χ0n) is 11.2. The molecule has 1 N–H and O–H groups in total. The molecule has 0 aliphatic heterocycles. The molecule has 1 rings (SSSR count). The van der Waals surface area contributed by atoms with E-state index in [0.29, 0.717) is 11.5 Å². The van der Waals surface area contributed by atoms with Crippen molar-refractivity contribution < 1.29 is 0 Å². The lowest BCUT2D eigenvalue weighted by molar-refractivity contribution is 0.358. The Hall–Kier alpha value is -0.890. The third-order valence-corrected chi connectivity index (χ3v) is 2.87. The van der Waals surface area contributed by atoms with Crippen molar-refractivity contribution in [2.75, 3.05) is 6.54 Å². The molecule has 16 heavy (non-hydrogen) atoms. The molecule has 0 fully saturated rings. The van der Waals surface area contributed by atoms with E-state index in [2.05, 4.69) is 51.0 Å². The number of aryl methyl sites for hydroxylation is 1. The highest BCUT2D eigenvalue weighted by atomic mass is 14.9. The van der Waals surface area contributed by atoms with Gasteiger partial charge in [0, 0.05) is 18.4 Å². The first-order valence-corrected chi connectivity index (χ1v) is 6.04. The minimum absolute atomic E-state index is 0.385. The molecule has 0 amide bonds. The normalized spacial score (nSPS) is 13.8. The van der Waals surface area contributed by atoms with Crippen LogP contribution in [0.1, 0.15) is 51.3 Å². The van der Waals surface area contributed by atoms with Crippen molar-refractivity contribution in [2.45, 2.75) is 47.1 Å². The van der Waals surface area contributed by atoms with E-state index in [4.69, 9.17) is 0 Å². The van der Waals surface area contributed by atoms with Crippen LogP contribution in [-0.2, 0) is 0 Å². The summed E-state index contributed by atoms with van der Waals surface area (Å²) in [5.41, 5.74) is 3.01. The Morgan fingerprint density at radius 3 is 2.62 bits per heavy atom. The van der Waals surface area contributed by atoms with Crippen LogP contribution >= 0.6 is 0 Å². The van der Waals surface area contributed by atoms with Crippen LogP contribution in [0.5, 0.6) is 0 Å². The summed E-state index contributed by atoms with van der Waals surface area (Å²) < 4.78 is 0. The highest BCUT2D eigenvalue weighted by Crippen LogP contribution is 2.19. The molecule has 2 nitrogen and oxygen atoms in total. The number of pyridine rings is 1. The number of hydrogen-bond donors (Lipinski definition) is 1. The maximum atomic E-state index is 4.18. The number of nitrogens with zero attached hydrogens (tertiary/aromatic N) is 1. The minimum atomic E-state index is 0.385. The Labute approximate surface area is 99.5 Å². The number of hydrogen-bond acceptors (Lipinski definition) is 2. The average molecular weight is 220 g/mol. The topological polar surface area (TPSA) is 24.9 Å². The van der Waals surface area contributed by atoms with Crippen molar-refractivity contribution in [3.8, 4) is 0 Å². The van der Waals surface area contributed by atoms with E-state index >= 15 is 0 Å². The van der Waals surface area contributed by atoms with Gasteiger partial charge in [0.2, 0.25) is 0 Å². The lowest BCUT2D eigenvalue weighted by atomic mass is 9.92. The molecule has 0 saturated heterocycles. The third kappa shape index (κ3) is 4.31. The first-order chi connectivity index (χ1) is 7.40. The summed E-state index contributed by atoms with van der Waals surface area (Å²) in [6.45, 7) is 12.2. The van der Waals surface area contributed by atoms with Crippen molar-refractivity contribution in [2.24, 2.45) is 5.41 Å². The van der Waals surface area contributed by atoms with Gasteiger partial charge >= 0.3 is 0 Å². The largest absolute Gasteiger partial charge is 0.310 e. The van der Waals surface area contributed by atoms with Gasteiger partial charge in [-0.1, -0.05) is 20.8 Å². The van der Waals surface area contributed by atoms with E-state index in [1.165, 1.54) is 17.5 Å². The van der Waals surface area contributed by atoms with Crippen LogP contribution in [-0.4, -0.2) is 11.5 Å². The number of rotatable bonds is 4. The summed E-state index contributed by atoms with van der Waals surface area (Å²) in [6.07, 6.45) is 5.00. The summed E-state index contributed by atoms with van der Waals surface area (Å²) >= 11 is 0. The monoisotopic (exact) mass is 220 g/mol. The summed E-state index contributed by atoms with van der Waals surface area (Å²) in [6, 6.07) is 2.45. The predicted octanol–water partition coefficient (Wildman–Crippen LogP) is 3.48. The molecule has 1 aromatic rings. The van der Waals surface area contributed by atoms with Crippen molar-refractivity contribution in [3.05, 3.63) is 29.6 Å². The van der Waals surface area contributed by atoms with Gasteiger partial charge in [0.25, 0.3) is 0 Å². The Kier molecular flexibility index (Phi) is 4.48. The van der Waals surface area contributed by atoms with Gasteiger partial charge in [0.1, 0.15) is 0 Å². The lowest BCUT2D eigenvalue weighted by Gasteiger charge is -2.21. The summed E-state index contributed by atoms with van der Waals surface area (Å²) in [5.74, 6) is 0. The van der Waals surface area contributed by atoms with Gasteiger partial charge in [-0.3, -0.25) is 4.98 Å². The zero-order chi connectivity index (χ0) is 12.2. The van der Waals surface area contributed by atoms with E-state index < -0.39 is 0 Å². The summed E-state index contributed by atoms with van der Waals surface area (Å²) in [5, 5.41) is 3.56. The second-order valence-corrected chi connectivity index (χ2v) is 5.72. The van der Waals surface area contributed by atoms with Gasteiger partial charge in [-0.05, 0) is 49.4 Å². The van der Waals surface area contributed by atoms with Gasteiger partial charge in [-0.2, -0.15) is 0 Å². The van der Waals surface area contributed by atoms with E-state index in [0.717, 1.165) is 6.54 Å². The lowest BCUT2D eigenvalue weighted by Crippen LogP contribution is -2.24. The van der Waals surface area contributed by atoms with Crippen molar-refractivity contribution in [1.29, 1.82) is 0 Å². The Balaban J connectivity index is 2.47. The molecule has 0 aromatic carbocycles. The maximum Gasteiger partial charge on any atom is 0.0318 e. The second-order valence-electron chi connectivity index (χ2n) is 5.72. The van der Waals surface area contributed by atoms with Crippen LogP contribution < -0.4 is 5.32 Å². The highest BCUT2D eigenvalue weighted by molar-refractivity contribution is 5.24. The van der Waals surface area contributed by atoms with Crippen molar-refractivity contribution in [3.63, 3.8) is 0 Å². The molecule has 90 valence electrons. The average Bonchev–Trinajstić information content (AvgIpc) is 2.16. The second kappa shape index (κ2) is 5.44. The molecular formula is C14H24N2.